The highest BCUT2D eigenvalue weighted by atomic mass is 79.9. The number of nitrogens with one attached hydrogen (secondary N) is 1. The van der Waals surface area contributed by atoms with E-state index >= 15 is 0 Å². The maximum Gasteiger partial charge on any atom is 0.213 e. The number of halogens is 3. The molecule has 146 valence electrons. The minimum Gasteiger partial charge on any atom is -0.489 e. The normalized spacial score (nSPS) is 10.7. The van der Waals surface area contributed by atoms with Crippen LogP contribution in [0.2, 0.25) is 10.0 Å². The van der Waals surface area contributed by atoms with Crippen LogP contribution in [0, 0.1) is 0 Å². The zero-order valence-electron chi connectivity index (χ0n) is 15.0. The molecule has 28 heavy (non-hydrogen) atoms. The van der Waals surface area contributed by atoms with Gasteiger partial charge in [0.05, 0.1) is 10.0 Å². The summed E-state index contributed by atoms with van der Waals surface area (Å²) in [6.07, 6.45) is 1.71. The summed E-state index contributed by atoms with van der Waals surface area (Å²) in [7, 11) is 0. The van der Waals surface area contributed by atoms with E-state index < -0.39 is 0 Å². The molecule has 1 N–H and O–H groups in total. The van der Waals surface area contributed by atoms with E-state index in [9.17, 15) is 0 Å². The van der Waals surface area contributed by atoms with Crippen molar-refractivity contribution in [1.82, 2.24) is 10.3 Å². The molecule has 0 fully saturated rings. The van der Waals surface area contributed by atoms with Gasteiger partial charge in [0.1, 0.15) is 19.0 Å². The fourth-order valence-corrected chi connectivity index (χ4v) is 3.23. The number of benzene rings is 2. The van der Waals surface area contributed by atoms with Gasteiger partial charge >= 0.3 is 0 Å². The van der Waals surface area contributed by atoms with Crippen molar-refractivity contribution >= 4 is 39.1 Å². The van der Waals surface area contributed by atoms with Crippen molar-refractivity contribution in [3.05, 3.63) is 86.4 Å². The van der Waals surface area contributed by atoms with Gasteiger partial charge in [0, 0.05) is 35.4 Å². The monoisotopic (exact) mass is 480 g/mol. The van der Waals surface area contributed by atoms with E-state index in [4.69, 9.17) is 32.7 Å². The molecule has 0 atom stereocenters. The molecule has 0 unspecified atom stereocenters. The van der Waals surface area contributed by atoms with Gasteiger partial charge in [-0.3, -0.25) is 0 Å². The topological polar surface area (TPSA) is 43.4 Å². The molecule has 3 rings (SSSR count). The molecule has 7 heteroatoms. The minimum atomic E-state index is 0.411. The second kappa shape index (κ2) is 10.7. The van der Waals surface area contributed by atoms with Crippen molar-refractivity contribution in [3.63, 3.8) is 0 Å². The number of rotatable bonds is 9. The molecule has 0 aliphatic carbocycles. The number of nitrogens with zero attached hydrogens (tertiary/aromatic N) is 1. The summed E-state index contributed by atoms with van der Waals surface area (Å²) < 4.78 is 12.6. The molecule has 0 spiro atoms. The second-order valence-corrected chi connectivity index (χ2v) is 7.71. The first-order chi connectivity index (χ1) is 13.6. The van der Waals surface area contributed by atoms with Gasteiger partial charge in [-0.1, -0.05) is 51.3 Å². The Morgan fingerprint density at radius 3 is 2.64 bits per heavy atom. The van der Waals surface area contributed by atoms with Crippen LogP contribution in [0.15, 0.2) is 65.3 Å². The highest BCUT2D eigenvalue weighted by molar-refractivity contribution is 9.10. The Labute approximate surface area is 182 Å². The molecule has 1 aromatic heterocycles. The average molecular weight is 482 g/mol. The molecular formula is C21H19BrCl2N2O2. The van der Waals surface area contributed by atoms with Crippen molar-refractivity contribution in [1.29, 1.82) is 0 Å². The van der Waals surface area contributed by atoms with E-state index in [1.807, 2.05) is 48.5 Å². The Kier molecular flexibility index (Phi) is 7.98. The maximum atomic E-state index is 6.07. The number of hydrogen-bond donors (Lipinski definition) is 1. The maximum absolute atomic E-state index is 6.07. The first-order valence-electron chi connectivity index (χ1n) is 8.71. The first-order valence-corrected chi connectivity index (χ1v) is 10.3. The standard InChI is InChI=1S/C21H19BrCl2N2O2/c22-17-5-7-20(28-14-15-4-6-18(23)19(24)11-15)16(12-17)13-25-9-10-27-21-3-1-2-8-26-21/h1-8,11-12,25H,9-10,13-14H2. The smallest absolute Gasteiger partial charge is 0.213 e. The molecule has 0 bridgehead atoms. The SMILES string of the molecule is Clc1ccc(COc2ccc(Br)cc2CNCCOc2ccccn2)cc1Cl. The molecule has 4 nitrogen and oxygen atoms in total. The van der Waals surface area contributed by atoms with Crippen molar-refractivity contribution < 1.29 is 9.47 Å². The molecule has 1 heterocycles. The van der Waals surface area contributed by atoms with Crippen LogP contribution in [0.25, 0.3) is 0 Å². The van der Waals surface area contributed by atoms with E-state index in [2.05, 4.69) is 26.2 Å². The third-order valence-electron chi connectivity index (χ3n) is 3.88. The molecule has 3 aromatic rings. The van der Waals surface area contributed by atoms with Gasteiger partial charge in [0.15, 0.2) is 0 Å². The zero-order valence-corrected chi connectivity index (χ0v) is 18.1. The quantitative estimate of drug-likeness (QED) is 0.386. The minimum absolute atomic E-state index is 0.411. The molecule has 0 saturated heterocycles. The van der Waals surface area contributed by atoms with Crippen LogP contribution in [0.3, 0.4) is 0 Å². The average Bonchev–Trinajstić information content (AvgIpc) is 2.70. The van der Waals surface area contributed by atoms with E-state index in [0.29, 0.717) is 42.2 Å². The fourth-order valence-electron chi connectivity index (χ4n) is 2.50. The summed E-state index contributed by atoms with van der Waals surface area (Å²) in [4.78, 5) is 4.13. The van der Waals surface area contributed by atoms with Gasteiger partial charge in [-0.05, 0) is 42.0 Å². The van der Waals surface area contributed by atoms with Crippen molar-refractivity contribution in [3.8, 4) is 11.6 Å². The molecular weight excluding hydrogens is 463 g/mol. The van der Waals surface area contributed by atoms with Crippen molar-refractivity contribution in [2.75, 3.05) is 13.2 Å². The predicted molar refractivity (Wildman–Crippen MR) is 116 cm³/mol. The van der Waals surface area contributed by atoms with Gasteiger partial charge in [-0.2, -0.15) is 0 Å². The van der Waals surface area contributed by atoms with Crippen molar-refractivity contribution in [2.45, 2.75) is 13.2 Å². The van der Waals surface area contributed by atoms with Gasteiger partial charge < -0.3 is 14.8 Å². The first kappa shape index (κ1) is 20.9. The van der Waals surface area contributed by atoms with E-state index in [0.717, 1.165) is 21.3 Å². The van der Waals surface area contributed by atoms with Crippen molar-refractivity contribution in [2.24, 2.45) is 0 Å². The van der Waals surface area contributed by atoms with Crippen LogP contribution in [0.4, 0.5) is 0 Å². The lowest BCUT2D eigenvalue weighted by atomic mass is 10.2. The summed E-state index contributed by atoms with van der Waals surface area (Å²) in [5.74, 6) is 1.44. The largest absolute Gasteiger partial charge is 0.489 e. The molecule has 0 aliphatic rings. The summed E-state index contributed by atoms with van der Waals surface area (Å²) in [5, 5.41) is 4.42. The lowest BCUT2D eigenvalue weighted by Crippen LogP contribution is -2.21. The second-order valence-electron chi connectivity index (χ2n) is 5.98. The summed E-state index contributed by atoms with van der Waals surface area (Å²) in [6.45, 7) is 2.29. The van der Waals surface area contributed by atoms with Gasteiger partial charge in [-0.15, -0.1) is 0 Å². The molecule has 2 aromatic carbocycles. The van der Waals surface area contributed by atoms with Crippen LogP contribution in [-0.2, 0) is 13.2 Å². The molecule has 0 amide bonds. The Morgan fingerprint density at radius 2 is 1.86 bits per heavy atom. The van der Waals surface area contributed by atoms with Gasteiger partial charge in [-0.25, -0.2) is 4.98 Å². The third-order valence-corrected chi connectivity index (χ3v) is 5.12. The van der Waals surface area contributed by atoms with E-state index in [1.165, 1.54) is 0 Å². The fraction of sp³-hybridized carbons (Fsp3) is 0.190. The zero-order chi connectivity index (χ0) is 19.8. The number of pyridine rings is 1. The summed E-state index contributed by atoms with van der Waals surface area (Å²) in [6, 6.07) is 17.0. The highest BCUT2D eigenvalue weighted by Crippen LogP contribution is 2.26. The summed E-state index contributed by atoms with van der Waals surface area (Å²) in [5.41, 5.74) is 2.01. The van der Waals surface area contributed by atoms with E-state index in [-0.39, 0.29) is 0 Å². The van der Waals surface area contributed by atoms with Gasteiger partial charge in [0.25, 0.3) is 0 Å². The third kappa shape index (κ3) is 6.38. The lowest BCUT2D eigenvalue weighted by molar-refractivity contribution is 0.295. The van der Waals surface area contributed by atoms with Crippen LogP contribution in [-0.4, -0.2) is 18.1 Å². The Bertz CT molecular complexity index is 910. The van der Waals surface area contributed by atoms with Crippen LogP contribution in [0.1, 0.15) is 11.1 Å². The molecule has 0 aliphatic heterocycles. The van der Waals surface area contributed by atoms with Crippen LogP contribution < -0.4 is 14.8 Å². The summed E-state index contributed by atoms with van der Waals surface area (Å²) >= 11 is 15.5. The molecule has 0 radical (unpaired) electrons. The van der Waals surface area contributed by atoms with Gasteiger partial charge in [0.2, 0.25) is 5.88 Å². The Hall–Kier alpha value is -1.79. The Morgan fingerprint density at radius 1 is 0.964 bits per heavy atom. The van der Waals surface area contributed by atoms with Crippen LogP contribution >= 0.6 is 39.1 Å². The lowest BCUT2D eigenvalue weighted by Gasteiger charge is -2.13. The van der Waals surface area contributed by atoms with Crippen LogP contribution in [0.5, 0.6) is 11.6 Å². The number of aromatic nitrogens is 1. The van der Waals surface area contributed by atoms with E-state index in [1.54, 1.807) is 12.3 Å². The predicted octanol–water partition coefficient (Wildman–Crippen LogP) is 5.90. The highest BCUT2D eigenvalue weighted by Gasteiger charge is 2.07. The number of hydrogen-bond acceptors (Lipinski definition) is 4. The Balaban J connectivity index is 1.52. The number of ether oxygens (including phenoxy) is 2. The molecule has 0 saturated carbocycles.